The van der Waals surface area contributed by atoms with E-state index in [-0.39, 0.29) is 11.8 Å². The summed E-state index contributed by atoms with van der Waals surface area (Å²) in [6, 6.07) is 0. The number of hydrogen-bond donors (Lipinski definition) is 1. The van der Waals surface area contributed by atoms with Crippen molar-refractivity contribution in [3.63, 3.8) is 0 Å². The zero-order valence-corrected chi connectivity index (χ0v) is 8.68. The molecule has 0 saturated carbocycles. The number of amides is 1. The lowest BCUT2D eigenvalue weighted by Gasteiger charge is -2.21. The lowest BCUT2D eigenvalue weighted by atomic mass is 9.98. The molecule has 0 aromatic rings. The van der Waals surface area contributed by atoms with Gasteiger partial charge in [0.15, 0.2) is 0 Å². The van der Waals surface area contributed by atoms with Gasteiger partial charge in [-0.3, -0.25) is 4.79 Å². The molecule has 0 spiro atoms. The molecule has 1 amide bonds. The Labute approximate surface area is 83.7 Å². The highest BCUT2D eigenvalue weighted by molar-refractivity contribution is 6.27. The molecule has 1 N–H and O–H groups in total. The van der Waals surface area contributed by atoms with Crippen LogP contribution in [0.3, 0.4) is 0 Å². The summed E-state index contributed by atoms with van der Waals surface area (Å²) in [5, 5.41) is 9.76. The fourth-order valence-electron chi connectivity index (χ4n) is 1.60. The highest BCUT2D eigenvalue weighted by atomic mass is 35.5. The summed E-state index contributed by atoms with van der Waals surface area (Å²) in [5.74, 6) is 0.0154. The zero-order valence-electron chi connectivity index (χ0n) is 7.92. The fraction of sp³-hybridized carbons (Fsp3) is 0.889. The first kappa shape index (κ1) is 10.8. The van der Waals surface area contributed by atoms with E-state index in [0.717, 1.165) is 19.4 Å². The van der Waals surface area contributed by atoms with Crippen LogP contribution in [0, 0.1) is 0 Å². The number of nitrogens with zero attached hydrogens (tertiary/aromatic N) is 1. The maximum Gasteiger partial charge on any atom is 0.237 e. The second-order valence-electron chi connectivity index (χ2n) is 3.86. The van der Waals surface area contributed by atoms with Gasteiger partial charge in [-0.15, -0.1) is 11.6 Å². The van der Waals surface area contributed by atoms with Crippen molar-refractivity contribution in [1.29, 1.82) is 0 Å². The zero-order chi connectivity index (χ0) is 9.90. The number of aliphatic hydroxyl groups is 1. The predicted octanol–water partition coefficient (Wildman–Crippen LogP) is 0.989. The molecule has 1 unspecified atom stereocenters. The Morgan fingerprint density at radius 3 is 2.85 bits per heavy atom. The van der Waals surface area contributed by atoms with E-state index < -0.39 is 5.60 Å². The van der Waals surface area contributed by atoms with Crippen LogP contribution in [-0.2, 0) is 4.79 Å². The Balaban J connectivity index is 2.49. The quantitative estimate of drug-likeness (QED) is 0.649. The van der Waals surface area contributed by atoms with Crippen LogP contribution in [0.2, 0.25) is 0 Å². The van der Waals surface area contributed by atoms with Gasteiger partial charge in [0, 0.05) is 13.1 Å². The minimum Gasteiger partial charge on any atom is -0.390 e. The lowest BCUT2D eigenvalue weighted by Crippen LogP contribution is -2.34. The molecule has 0 bridgehead atoms. The van der Waals surface area contributed by atoms with Crippen LogP contribution >= 0.6 is 11.6 Å². The topological polar surface area (TPSA) is 40.5 Å². The predicted molar refractivity (Wildman–Crippen MR) is 51.8 cm³/mol. The van der Waals surface area contributed by atoms with Crippen molar-refractivity contribution >= 4 is 17.5 Å². The number of likely N-dealkylation sites (tertiary alicyclic amines) is 1. The molecule has 3 nitrogen and oxygen atoms in total. The number of rotatable bonds is 1. The van der Waals surface area contributed by atoms with Crippen LogP contribution in [-0.4, -0.2) is 40.5 Å². The summed E-state index contributed by atoms with van der Waals surface area (Å²) in [5.41, 5.74) is -0.610. The lowest BCUT2D eigenvalue weighted by molar-refractivity contribution is -0.128. The third-order valence-electron chi connectivity index (χ3n) is 2.53. The van der Waals surface area contributed by atoms with E-state index in [1.807, 2.05) is 6.92 Å². The van der Waals surface area contributed by atoms with E-state index in [4.69, 9.17) is 11.6 Å². The maximum absolute atomic E-state index is 11.2. The van der Waals surface area contributed by atoms with Crippen LogP contribution in [0.1, 0.15) is 26.2 Å². The summed E-state index contributed by atoms with van der Waals surface area (Å²) in [6.45, 7) is 3.17. The van der Waals surface area contributed by atoms with Gasteiger partial charge < -0.3 is 10.0 Å². The van der Waals surface area contributed by atoms with Crippen molar-refractivity contribution in [3.8, 4) is 0 Å². The van der Waals surface area contributed by atoms with E-state index >= 15 is 0 Å². The molecule has 13 heavy (non-hydrogen) atoms. The van der Waals surface area contributed by atoms with Gasteiger partial charge in [-0.05, 0) is 26.2 Å². The molecule has 4 heteroatoms. The molecule has 1 saturated heterocycles. The van der Waals surface area contributed by atoms with Crippen molar-refractivity contribution in [2.24, 2.45) is 0 Å². The average Bonchev–Trinajstić information content (AvgIpc) is 2.25. The summed E-state index contributed by atoms with van der Waals surface area (Å²) < 4.78 is 0. The second-order valence-corrected chi connectivity index (χ2v) is 4.13. The SMILES string of the molecule is CC1(O)CCCN(C(=O)CCl)CC1. The molecule has 1 aliphatic heterocycles. The molecular formula is C9H16ClNO2. The fourth-order valence-corrected chi connectivity index (χ4v) is 1.77. The molecule has 0 aromatic heterocycles. The van der Waals surface area contributed by atoms with E-state index in [1.165, 1.54) is 0 Å². The first-order valence-electron chi connectivity index (χ1n) is 4.61. The highest BCUT2D eigenvalue weighted by Gasteiger charge is 2.26. The van der Waals surface area contributed by atoms with Crippen LogP contribution < -0.4 is 0 Å². The summed E-state index contributed by atoms with van der Waals surface area (Å²) >= 11 is 5.46. The molecule has 76 valence electrons. The number of carbonyl (C=O) groups excluding carboxylic acids is 1. The van der Waals surface area contributed by atoms with Gasteiger partial charge in [-0.25, -0.2) is 0 Å². The van der Waals surface area contributed by atoms with Crippen molar-refractivity contribution in [2.75, 3.05) is 19.0 Å². The van der Waals surface area contributed by atoms with Gasteiger partial charge in [0.05, 0.1) is 5.60 Å². The minimum atomic E-state index is -0.610. The van der Waals surface area contributed by atoms with Crippen molar-refractivity contribution in [1.82, 2.24) is 4.90 Å². The van der Waals surface area contributed by atoms with Crippen LogP contribution in [0.5, 0.6) is 0 Å². The standard InChI is InChI=1S/C9H16ClNO2/c1-9(13)3-2-5-11(6-4-9)8(12)7-10/h13H,2-7H2,1H3. The summed E-state index contributed by atoms with van der Waals surface area (Å²) in [4.78, 5) is 13.0. The molecule has 1 fully saturated rings. The number of alkyl halides is 1. The van der Waals surface area contributed by atoms with Gasteiger partial charge in [0.2, 0.25) is 5.91 Å². The van der Waals surface area contributed by atoms with E-state index in [1.54, 1.807) is 4.90 Å². The van der Waals surface area contributed by atoms with E-state index in [9.17, 15) is 9.90 Å². The molecular weight excluding hydrogens is 190 g/mol. The van der Waals surface area contributed by atoms with Crippen LogP contribution in [0.15, 0.2) is 0 Å². The van der Waals surface area contributed by atoms with Gasteiger partial charge in [0.25, 0.3) is 0 Å². The smallest absolute Gasteiger partial charge is 0.237 e. The highest BCUT2D eigenvalue weighted by Crippen LogP contribution is 2.21. The van der Waals surface area contributed by atoms with Crippen molar-refractivity contribution in [3.05, 3.63) is 0 Å². The minimum absolute atomic E-state index is 0.0284. The average molecular weight is 206 g/mol. The Kier molecular flexibility index (Phi) is 3.56. The third kappa shape index (κ3) is 3.16. The van der Waals surface area contributed by atoms with E-state index in [2.05, 4.69) is 0 Å². The maximum atomic E-state index is 11.2. The van der Waals surface area contributed by atoms with Gasteiger partial charge in [-0.2, -0.15) is 0 Å². The number of carbonyl (C=O) groups is 1. The third-order valence-corrected chi connectivity index (χ3v) is 2.76. The van der Waals surface area contributed by atoms with Gasteiger partial charge in [0.1, 0.15) is 5.88 Å². The van der Waals surface area contributed by atoms with Crippen molar-refractivity contribution in [2.45, 2.75) is 31.8 Å². The summed E-state index contributed by atoms with van der Waals surface area (Å²) in [6.07, 6.45) is 2.27. The largest absolute Gasteiger partial charge is 0.390 e. The van der Waals surface area contributed by atoms with Gasteiger partial charge in [-0.1, -0.05) is 0 Å². The Hall–Kier alpha value is -0.280. The Bertz CT molecular complexity index is 194. The normalized spacial score (nSPS) is 29.9. The number of hydrogen-bond acceptors (Lipinski definition) is 2. The molecule has 0 aromatic carbocycles. The molecule has 1 heterocycles. The first-order valence-corrected chi connectivity index (χ1v) is 5.15. The van der Waals surface area contributed by atoms with E-state index in [0.29, 0.717) is 13.0 Å². The van der Waals surface area contributed by atoms with Crippen molar-refractivity contribution < 1.29 is 9.90 Å². The van der Waals surface area contributed by atoms with Crippen LogP contribution in [0.25, 0.3) is 0 Å². The second kappa shape index (κ2) is 4.29. The monoisotopic (exact) mass is 205 g/mol. The summed E-state index contributed by atoms with van der Waals surface area (Å²) in [7, 11) is 0. The first-order chi connectivity index (χ1) is 6.05. The number of halogens is 1. The molecule has 0 aliphatic carbocycles. The molecule has 1 atom stereocenters. The Morgan fingerprint density at radius 1 is 1.54 bits per heavy atom. The Morgan fingerprint density at radius 2 is 2.23 bits per heavy atom. The van der Waals surface area contributed by atoms with Gasteiger partial charge >= 0.3 is 0 Å². The molecule has 1 aliphatic rings. The molecule has 0 radical (unpaired) electrons. The molecule has 1 rings (SSSR count). The van der Waals surface area contributed by atoms with Crippen LogP contribution in [0.4, 0.5) is 0 Å².